The summed E-state index contributed by atoms with van der Waals surface area (Å²) in [6, 6.07) is 0. The molecule has 0 bridgehead atoms. The fourth-order valence-electron chi connectivity index (χ4n) is 1.17. The molecule has 0 saturated heterocycles. The van der Waals surface area contributed by atoms with Crippen LogP contribution in [0.2, 0.25) is 0 Å². The van der Waals surface area contributed by atoms with E-state index in [1.165, 1.54) is 6.92 Å². The number of methoxy groups -OCH3 is 2. The van der Waals surface area contributed by atoms with Crippen LogP contribution in [-0.2, 0) is 20.8 Å². The Morgan fingerprint density at radius 3 is 2.24 bits per heavy atom. The number of carbonyl (C=O) groups excluding carboxylic acids is 3. The van der Waals surface area contributed by atoms with Crippen LogP contribution in [0.1, 0.15) is 27.9 Å². The standard InChI is InChI=1S/C9H11N3O5/c1-5(13)4-12-7(9(15)17-3)6(10-11-12)8(14)16-2/h4H2,1-3H3. The highest BCUT2D eigenvalue weighted by atomic mass is 16.5. The van der Waals surface area contributed by atoms with Crippen molar-refractivity contribution in [1.82, 2.24) is 15.0 Å². The van der Waals surface area contributed by atoms with Crippen LogP contribution in [0.4, 0.5) is 0 Å². The molecule has 1 aromatic heterocycles. The van der Waals surface area contributed by atoms with Gasteiger partial charge < -0.3 is 9.47 Å². The summed E-state index contributed by atoms with van der Waals surface area (Å²) in [7, 11) is 2.29. The molecule has 0 aliphatic rings. The van der Waals surface area contributed by atoms with E-state index < -0.39 is 11.9 Å². The summed E-state index contributed by atoms with van der Waals surface area (Å²) in [5, 5.41) is 7.03. The van der Waals surface area contributed by atoms with Crippen molar-refractivity contribution >= 4 is 17.7 Å². The van der Waals surface area contributed by atoms with Crippen LogP contribution in [-0.4, -0.2) is 46.9 Å². The second kappa shape index (κ2) is 5.19. The third kappa shape index (κ3) is 2.65. The summed E-state index contributed by atoms with van der Waals surface area (Å²) in [6.45, 7) is 1.15. The minimum Gasteiger partial charge on any atom is -0.464 e. The average Bonchev–Trinajstić information content (AvgIpc) is 2.69. The van der Waals surface area contributed by atoms with E-state index in [0.29, 0.717) is 0 Å². The number of carbonyl (C=O) groups is 3. The molecule has 0 unspecified atom stereocenters. The van der Waals surface area contributed by atoms with Gasteiger partial charge in [0.05, 0.1) is 14.2 Å². The molecule has 1 aromatic rings. The van der Waals surface area contributed by atoms with E-state index in [0.717, 1.165) is 18.9 Å². The maximum absolute atomic E-state index is 11.5. The first-order chi connectivity index (χ1) is 8.01. The maximum atomic E-state index is 11.5. The Bertz CT molecular complexity index is 465. The quantitative estimate of drug-likeness (QED) is 0.651. The lowest BCUT2D eigenvalue weighted by atomic mass is 10.3. The highest BCUT2D eigenvalue weighted by molar-refractivity contribution is 6.00. The molecular weight excluding hydrogens is 230 g/mol. The summed E-state index contributed by atoms with van der Waals surface area (Å²) in [5.74, 6) is -1.87. The van der Waals surface area contributed by atoms with Gasteiger partial charge in [0.2, 0.25) is 5.69 Å². The van der Waals surface area contributed by atoms with E-state index in [9.17, 15) is 14.4 Å². The molecule has 0 atom stereocenters. The topological polar surface area (TPSA) is 100 Å². The second-order valence-electron chi connectivity index (χ2n) is 3.13. The van der Waals surface area contributed by atoms with Crippen molar-refractivity contribution in [1.29, 1.82) is 0 Å². The van der Waals surface area contributed by atoms with Gasteiger partial charge in [0.1, 0.15) is 6.54 Å². The van der Waals surface area contributed by atoms with E-state index in [4.69, 9.17) is 0 Å². The highest BCUT2D eigenvalue weighted by Crippen LogP contribution is 2.08. The zero-order chi connectivity index (χ0) is 13.0. The van der Waals surface area contributed by atoms with Crippen LogP contribution >= 0.6 is 0 Å². The third-order valence-electron chi connectivity index (χ3n) is 1.87. The van der Waals surface area contributed by atoms with E-state index in [2.05, 4.69) is 19.8 Å². The minimum atomic E-state index is -0.819. The van der Waals surface area contributed by atoms with E-state index in [1.54, 1.807) is 0 Å². The molecule has 8 nitrogen and oxygen atoms in total. The minimum absolute atomic E-state index is 0.172. The van der Waals surface area contributed by atoms with Crippen molar-refractivity contribution in [2.24, 2.45) is 0 Å². The van der Waals surface area contributed by atoms with Crippen molar-refractivity contribution in [3.63, 3.8) is 0 Å². The molecule has 0 N–H and O–H groups in total. The van der Waals surface area contributed by atoms with Crippen LogP contribution in [0.25, 0.3) is 0 Å². The Labute approximate surface area is 96.5 Å². The Morgan fingerprint density at radius 1 is 1.18 bits per heavy atom. The normalized spacial score (nSPS) is 9.82. The molecule has 1 heterocycles. The van der Waals surface area contributed by atoms with E-state index >= 15 is 0 Å². The molecule has 8 heteroatoms. The fraction of sp³-hybridized carbons (Fsp3) is 0.444. The summed E-state index contributed by atoms with van der Waals surface area (Å²) in [6.07, 6.45) is 0. The Kier molecular flexibility index (Phi) is 3.91. The lowest BCUT2D eigenvalue weighted by Crippen LogP contribution is -2.18. The molecule has 0 aliphatic heterocycles. The van der Waals surface area contributed by atoms with Gasteiger partial charge in [0.25, 0.3) is 0 Å². The Morgan fingerprint density at radius 2 is 1.76 bits per heavy atom. The first kappa shape index (κ1) is 12.8. The number of ketones is 1. The van der Waals surface area contributed by atoms with Crippen LogP contribution in [0.15, 0.2) is 0 Å². The van der Waals surface area contributed by atoms with Gasteiger partial charge in [-0.15, -0.1) is 5.10 Å². The van der Waals surface area contributed by atoms with E-state index in [1.807, 2.05) is 0 Å². The lowest BCUT2D eigenvalue weighted by molar-refractivity contribution is -0.117. The van der Waals surface area contributed by atoms with Crippen molar-refractivity contribution in [2.75, 3.05) is 14.2 Å². The molecule has 0 saturated carbocycles. The summed E-state index contributed by atoms with van der Waals surface area (Å²) in [4.78, 5) is 33.8. The van der Waals surface area contributed by atoms with Crippen molar-refractivity contribution < 1.29 is 23.9 Å². The number of Topliss-reactive ketones (excluding diaryl/α,β-unsaturated/α-hetero) is 1. The van der Waals surface area contributed by atoms with Gasteiger partial charge in [-0.1, -0.05) is 5.21 Å². The SMILES string of the molecule is COC(=O)c1nnn(CC(C)=O)c1C(=O)OC. The molecule has 0 amide bonds. The number of hydrogen-bond acceptors (Lipinski definition) is 7. The number of hydrogen-bond donors (Lipinski definition) is 0. The van der Waals surface area contributed by atoms with Gasteiger partial charge in [-0.2, -0.15) is 0 Å². The van der Waals surface area contributed by atoms with Crippen molar-refractivity contribution in [3.8, 4) is 0 Å². The number of ether oxygens (including phenoxy) is 2. The molecular formula is C9H11N3O5. The monoisotopic (exact) mass is 241 g/mol. The zero-order valence-electron chi connectivity index (χ0n) is 9.59. The van der Waals surface area contributed by atoms with Gasteiger partial charge in [0.15, 0.2) is 11.5 Å². The van der Waals surface area contributed by atoms with Gasteiger partial charge in [-0.3, -0.25) is 4.79 Å². The first-order valence-electron chi connectivity index (χ1n) is 4.60. The summed E-state index contributed by atoms with van der Waals surface area (Å²) >= 11 is 0. The van der Waals surface area contributed by atoms with Gasteiger partial charge in [-0.25, -0.2) is 14.3 Å². The molecule has 0 radical (unpaired) electrons. The fourth-order valence-corrected chi connectivity index (χ4v) is 1.17. The predicted octanol–water partition coefficient (Wildman–Crippen LogP) is -0.560. The number of esters is 2. The Hall–Kier alpha value is -2.25. The van der Waals surface area contributed by atoms with Crippen LogP contribution < -0.4 is 0 Å². The van der Waals surface area contributed by atoms with Crippen molar-refractivity contribution in [3.05, 3.63) is 11.4 Å². The molecule has 0 fully saturated rings. The van der Waals surface area contributed by atoms with Crippen molar-refractivity contribution in [2.45, 2.75) is 13.5 Å². The molecule has 92 valence electrons. The van der Waals surface area contributed by atoms with Crippen LogP contribution in [0, 0.1) is 0 Å². The first-order valence-corrected chi connectivity index (χ1v) is 4.60. The molecule has 1 rings (SSSR count). The maximum Gasteiger partial charge on any atom is 0.361 e. The molecule has 0 aliphatic carbocycles. The Balaban J connectivity index is 3.24. The lowest BCUT2D eigenvalue weighted by Gasteiger charge is -2.03. The number of aromatic nitrogens is 3. The number of rotatable bonds is 4. The largest absolute Gasteiger partial charge is 0.464 e. The van der Waals surface area contributed by atoms with Gasteiger partial charge in [-0.05, 0) is 6.92 Å². The number of nitrogens with zero attached hydrogens (tertiary/aromatic N) is 3. The van der Waals surface area contributed by atoms with Crippen LogP contribution in [0.5, 0.6) is 0 Å². The smallest absolute Gasteiger partial charge is 0.361 e. The van der Waals surface area contributed by atoms with Gasteiger partial charge >= 0.3 is 11.9 Å². The second-order valence-corrected chi connectivity index (χ2v) is 3.13. The summed E-state index contributed by atoms with van der Waals surface area (Å²) < 4.78 is 9.94. The molecule has 0 aromatic carbocycles. The third-order valence-corrected chi connectivity index (χ3v) is 1.87. The van der Waals surface area contributed by atoms with Crippen LogP contribution in [0.3, 0.4) is 0 Å². The predicted molar refractivity (Wildman–Crippen MR) is 53.4 cm³/mol. The molecule has 0 spiro atoms. The highest BCUT2D eigenvalue weighted by Gasteiger charge is 2.27. The summed E-state index contributed by atoms with van der Waals surface area (Å²) in [5.41, 5.74) is -0.477. The van der Waals surface area contributed by atoms with Gasteiger partial charge in [0, 0.05) is 0 Å². The zero-order valence-corrected chi connectivity index (χ0v) is 9.59. The average molecular weight is 241 g/mol. The molecule has 17 heavy (non-hydrogen) atoms. The van der Waals surface area contributed by atoms with E-state index in [-0.39, 0.29) is 23.7 Å².